The Labute approximate surface area is 153 Å². The molecular formula is C18H26N5O3+. The Hall–Kier alpha value is -2.77. The van der Waals surface area contributed by atoms with Gasteiger partial charge in [-0.25, -0.2) is 14.5 Å². The highest BCUT2D eigenvalue weighted by Crippen LogP contribution is 2.07. The van der Waals surface area contributed by atoms with Gasteiger partial charge in [-0.05, 0) is 0 Å². The van der Waals surface area contributed by atoms with Crippen molar-refractivity contribution in [2.45, 2.75) is 32.7 Å². The van der Waals surface area contributed by atoms with E-state index in [0.29, 0.717) is 18.2 Å². The summed E-state index contributed by atoms with van der Waals surface area (Å²) in [6.45, 7) is 3.63. The van der Waals surface area contributed by atoms with E-state index in [4.69, 9.17) is 9.47 Å². The molecule has 0 aromatic carbocycles. The molecule has 0 atom stereocenters. The molecule has 26 heavy (non-hydrogen) atoms. The molecular weight excluding hydrogens is 334 g/mol. The van der Waals surface area contributed by atoms with Gasteiger partial charge in [0.2, 0.25) is 5.95 Å². The van der Waals surface area contributed by atoms with Gasteiger partial charge in [-0.3, -0.25) is 4.79 Å². The SMILES string of the molecule is CCC[n+]1ccc(OCCC(=O)OCCc2ncnc(N(C)C)n2)cc1. The fourth-order valence-electron chi connectivity index (χ4n) is 2.18. The van der Waals surface area contributed by atoms with E-state index in [-0.39, 0.29) is 25.6 Å². The van der Waals surface area contributed by atoms with Crippen molar-refractivity contribution in [1.29, 1.82) is 0 Å². The summed E-state index contributed by atoms with van der Waals surface area (Å²) in [5, 5.41) is 0. The third kappa shape index (κ3) is 6.62. The number of nitrogens with zero attached hydrogens (tertiary/aromatic N) is 5. The van der Waals surface area contributed by atoms with Crippen LogP contribution in [-0.2, 0) is 22.5 Å². The predicted molar refractivity (Wildman–Crippen MR) is 95.9 cm³/mol. The standard InChI is InChI=1S/C18H26N5O3/c1-4-9-23-10-5-15(6-11-23)25-13-8-17(24)26-12-7-16-19-14-20-18(21-16)22(2)3/h5-6,10-11,14H,4,7-9,12-13H2,1-3H3/q+1. The summed E-state index contributed by atoms with van der Waals surface area (Å²) in [7, 11) is 3.71. The molecule has 8 heteroatoms. The smallest absolute Gasteiger partial charge is 0.309 e. The Kier molecular flexibility index (Phi) is 7.73. The fourth-order valence-corrected chi connectivity index (χ4v) is 2.18. The van der Waals surface area contributed by atoms with Gasteiger partial charge in [0, 0.05) is 39.1 Å². The minimum atomic E-state index is -0.302. The molecule has 0 saturated carbocycles. The number of pyridine rings is 1. The second-order valence-electron chi connectivity index (χ2n) is 5.94. The van der Waals surface area contributed by atoms with Crippen LogP contribution in [0.15, 0.2) is 30.9 Å². The van der Waals surface area contributed by atoms with Crippen LogP contribution >= 0.6 is 0 Å². The Bertz CT molecular complexity index is 691. The van der Waals surface area contributed by atoms with E-state index in [1.165, 1.54) is 6.33 Å². The largest absolute Gasteiger partial charge is 0.493 e. The number of carbonyl (C=O) groups is 1. The lowest BCUT2D eigenvalue weighted by Crippen LogP contribution is -2.31. The number of ether oxygens (including phenoxy) is 2. The van der Waals surface area contributed by atoms with Gasteiger partial charge in [-0.15, -0.1) is 0 Å². The third-order valence-corrected chi connectivity index (χ3v) is 3.52. The van der Waals surface area contributed by atoms with Crippen molar-refractivity contribution in [1.82, 2.24) is 15.0 Å². The van der Waals surface area contributed by atoms with Gasteiger partial charge in [-0.1, -0.05) is 6.92 Å². The molecule has 0 N–H and O–H groups in total. The molecule has 2 aromatic rings. The lowest BCUT2D eigenvalue weighted by atomic mass is 10.4. The summed E-state index contributed by atoms with van der Waals surface area (Å²) < 4.78 is 12.8. The van der Waals surface area contributed by atoms with Gasteiger partial charge in [0.05, 0.1) is 19.6 Å². The molecule has 140 valence electrons. The average Bonchev–Trinajstić information content (AvgIpc) is 2.64. The molecule has 0 fully saturated rings. The molecule has 0 radical (unpaired) electrons. The summed E-state index contributed by atoms with van der Waals surface area (Å²) in [4.78, 5) is 26.0. The number of aromatic nitrogens is 4. The minimum Gasteiger partial charge on any atom is -0.493 e. The van der Waals surface area contributed by atoms with Crippen LogP contribution in [0.25, 0.3) is 0 Å². The van der Waals surface area contributed by atoms with E-state index in [1.807, 2.05) is 38.6 Å². The van der Waals surface area contributed by atoms with Crippen LogP contribution in [0.3, 0.4) is 0 Å². The summed E-state index contributed by atoms with van der Waals surface area (Å²) in [6.07, 6.45) is 7.12. The lowest BCUT2D eigenvalue weighted by Gasteiger charge is -2.10. The Balaban J connectivity index is 1.65. The highest BCUT2D eigenvalue weighted by Gasteiger charge is 2.07. The van der Waals surface area contributed by atoms with Gasteiger partial charge < -0.3 is 14.4 Å². The van der Waals surface area contributed by atoms with E-state index >= 15 is 0 Å². The van der Waals surface area contributed by atoms with E-state index in [2.05, 4.69) is 26.4 Å². The van der Waals surface area contributed by atoms with Gasteiger partial charge in [0.25, 0.3) is 0 Å². The second kappa shape index (κ2) is 10.3. The van der Waals surface area contributed by atoms with Gasteiger partial charge in [0.1, 0.15) is 24.4 Å². The normalized spacial score (nSPS) is 10.4. The quantitative estimate of drug-likeness (QED) is 0.465. The molecule has 0 bridgehead atoms. The molecule has 2 aromatic heterocycles. The maximum Gasteiger partial charge on any atom is 0.309 e. The van der Waals surface area contributed by atoms with Crippen molar-refractivity contribution >= 4 is 11.9 Å². The van der Waals surface area contributed by atoms with Crippen LogP contribution in [0.5, 0.6) is 5.75 Å². The van der Waals surface area contributed by atoms with Crippen LogP contribution < -0.4 is 14.2 Å². The third-order valence-electron chi connectivity index (χ3n) is 3.52. The highest BCUT2D eigenvalue weighted by molar-refractivity contribution is 5.69. The Morgan fingerprint density at radius 3 is 2.65 bits per heavy atom. The van der Waals surface area contributed by atoms with Gasteiger partial charge in [-0.2, -0.15) is 4.98 Å². The minimum absolute atomic E-state index is 0.198. The number of aryl methyl sites for hydroxylation is 1. The van der Waals surface area contributed by atoms with Crippen molar-refractivity contribution in [2.24, 2.45) is 0 Å². The maximum atomic E-state index is 11.8. The first-order chi connectivity index (χ1) is 12.6. The molecule has 2 heterocycles. The molecule has 0 aliphatic heterocycles. The van der Waals surface area contributed by atoms with Crippen LogP contribution in [0.4, 0.5) is 5.95 Å². The first kappa shape index (κ1) is 19.6. The zero-order chi connectivity index (χ0) is 18.8. The molecule has 0 aliphatic rings. The van der Waals surface area contributed by atoms with E-state index < -0.39 is 0 Å². The summed E-state index contributed by atoms with van der Waals surface area (Å²) in [5.74, 6) is 1.62. The topological polar surface area (TPSA) is 81.3 Å². The zero-order valence-corrected chi connectivity index (χ0v) is 15.6. The highest BCUT2D eigenvalue weighted by atomic mass is 16.5. The van der Waals surface area contributed by atoms with E-state index in [1.54, 1.807) is 4.90 Å². The van der Waals surface area contributed by atoms with Crippen LogP contribution in [-0.4, -0.2) is 48.2 Å². The molecule has 8 nitrogen and oxygen atoms in total. The first-order valence-corrected chi connectivity index (χ1v) is 8.71. The number of carbonyl (C=O) groups excluding carboxylic acids is 1. The molecule has 0 aliphatic carbocycles. The maximum absolute atomic E-state index is 11.8. The molecule has 0 unspecified atom stereocenters. The van der Waals surface area contributed by atoms with E-state index in [0.717, 1.165) is 18.7 Å². The summed E-state index contributed by atoms with van der Waals surface area (Å²) in [5.41, 5.74) is 0. The Morgan fingerprint density at radius 1 is 1.19 bits per heavy atom. The van der Waals surface area contributed by atoms with Crippen molar-refractivity contribution in [3.63, 3.8) is 0 Å². The molecule has 0 amide bonds. The number of hydrogen-bond donors (Lipinski definition) is 0. The number of esters is 1. The fraction of sp³-hybridized carbons (Fsp3) is 0.500. The molecule has 2 rings (SSSR count). The van der Waals surface area contributed by atoms with Crippen molar-refractivity contribution < 1.29 is 18.8 Å². The van der Waals surface area contributed by atoms with E-state index in [9.17, 15) is 4.79 Å². The number of hydrogen-bond acceptors (Lipinski definition) is 7. The number of rotatable bonds is 10. The average molecular weight is 360 g/mol. The monoisotopic (exact) mass is 360 g/mol. The van der Waals surface area contributed by atoms with Crippen molar-refractivity contribution in [3.05, 3.63) is 36.7 Å². The first-order valence-electron chi connectivity index (χ1n) is 8.71. The summed E-state index contributed by atoms with van der Waals surface area (Å²) >= 11 is 0. The molecule has 0 saturated heterocycles. The lowest BCUT2D eigenvalue weighted by molar-refractivity contribution is -0.697. The molecule has 0 spiro atoms. The van der Waals surface area contributed by atoms with Gasteiger partial charge >= 0.3 is 5.97 Å². The zero-order valence-electron chi connectivity index (χ0n) is 15.6. The predicted octanol–water partition coefficient (Wildman–Crippen LogP) is 1.19. The van der Waals surface area contributed by atoms with Crippen LogP contribution in [0, 0.1) is 0 Å². The van der Waals surface area contributed by atoms with Crippen molar-refractivity contribution in [3.8, 4) is 5.75 Å². The van der Waals surface area contributed by atoms with Gasteiger partial charge in [0.15, 0.2) is 12.4 Å². The number of anilines is 1. The summed E-state index contributed by atoms with van der Waals surface area (Å²) in [6, 6.07) is 3.79. The second-order valence-corrected chi connectivity index (χ2v) is 5.94. The Morgan fingerprint density at radius 2 is 1.96 bits per heavy atom. The van der Waals surface area contributed by atoms with Crippen LogP contribution in [0.1, 0.15) is 25.6 Å². The van der Waals surface area contributed by atoms with Crippen molar-refractivity contribution in [2.75, 3.05) is 32.2 Å². The van der Waals surface area contributed by atoms with Crippen LogP contribution in [0.2, 0.25) is 0 Å².